The summed E-state index contributed by atoms with van der Waals surface area (Å²) in [6.45, 7) is 6.58. The fourth-order valence-corrected chi connectivity index (χ4v) is 6.36. The van der Waals surface area contributed by atoms with Crippen molar-refractivity contribution >= 4 is 50.8 Å². The first-order valence-corrected chi connectivity index (χ1v) is 13.6. The molecule has 5 heterocycles. The Morgan fingerprint density at radius 3 is 2.61 bits per heavy atom. The Balaban J connectivity index is 1.17. The summed E-state index contributed by atoms with van der Waals surface area (Å²) in [6.07, 6.45) is 4.96. The van der Waals surface area contributed by atoms with Gasteiger partial charge in [-0.25, -0.2) is 9.97 Å². The van der Waals surface area contributed by atoms with Crippen molar-refractivity contribution in [1.82, 2.24) is 25.1 Å². The molecule has 1 atom stereocenters. The Morgan fingerprint density at radius 1 is 1.05 bits per heavy atom. The molecule has 10 heteroatoms. The van der Waals surface area contributed by atoms with Gasteiger partial charge in [-0.3, -0.25) is 34.3 Å². The van der Waals surface area contributed by atoms with Crippen LogP contribution in [0.2, 0.25) is 0 Å². The van der Waals surface area contributed by atoms with E-state index in [2.05, 4.69) is 46.2 Å². The Hall–Kier alpha value is -3.76. The minimum atomic E-state index is -0.956. The van der Waals surface area contributed by atoms with Crippen molar-refractivity contribution in [2.75, 3.05) is 13.1 Å². The Bertz CT molecular complexity index is 1540. The van der Waals surface area contributed by atoms with E-state index in [4.69, 9.17) is 0 Å². The van der Waals surface area contributed by atoms with Gasteiger partial charge in [0.2, 0.25) is 11.8 Å². The molecule has 1 aromatic carbocycles. The average molecular weight is 530 g/mol. The molecule has 1 saturated heterocycles. The van der Waals surface area contributed by atoms with Crippen LogP contribution in [-0.4, -0.2) is 62.5 Å². The van der Waals surface area contributed by atoms with Gasteiger partial charge in [0.25, 0.3) is 11.8 Å². The number of hydrogen-bond acceptors (Lipinski definition) is 8. The molecule has 0 aliphatic carbocycles. The smallest absolute Gasteiger partial charge is 0.262 e. The fraction of sp³-hybridized carbons (Fsp3) is 0.357. The van der Waals surface area contributed by atoms with Gasteiger partial charge < -0.3 is 0 Å². The van der Waals surface area contributed by atoms with E-state index in [-0.39, 0.29) is 18.7 Å². The molecule has 0 spiro atoms. The van der Waals surface area contributed by atoms with Crippen molar-refractivity contribution in [2.24, 2.45) is 0 Å². The molecular formula is C28H27N5O4S. The van der Waals surface area contributed by atoms with Crippen LogP contribution in [0.3, 0.4) is 0 Å². The third kappa shape index (κ3) is 4.23. The van der Waals surface area contributed by atoms with Gasteiger partial charge in [-0.2, -0.15) is 0 Å². The molecule has 1 N–H and O–H groups in total. The molecule has 194 valence electrons. The number of carbonyl (C=O) groups excluding carboxylic acids is 4. The molecule has 38 heavy (non-hydrogen) atoms. The highest BCUT2D eigenvalue weighted by Crippen LogP contribution is 2.35. The van der Waals surface area contributed by atoms with Gasteiger partial charge >= 0.3 is 0 Å². The Kier molecular flexibility index (Phi) is 6.16. The standard InChI is InChI=1S/C28H27N5O4S/c1-15(2)22-12-20-24(29-14-30-26(20)38-22)17-7-9-32(10-8-17)13-16-3-4-18-19(11-16)28(37)33(27(18)36)21-5-6-23(34)31-25(21)35/h3-4,7,11-12,14-15,21H,5-6,8-10,13H2,1-2H3,(H,31,34,35). The van der Waals surface area contributed by atoms with Gasteiger partial charge in [-0.1, -0.05) is 26.0 Å². The first-order chi connectivity index (χ1) is 18.3. The number of fused-ring (bicyclic) bond motifs is 2. The molecule has 3 aliphatic heterocycles. The number of aromatic nitrogens is 2. The van der Waals surface area contributed by atoms with Crippen molar-refractivity contribution in [3.8, 4) is 0 Å². The van der Waals surface area contributed by atoms with Crippen molar-refractivity contribution in [2.45, 2.75) is 51.6 Å². The summed E-state index contributed by atoms with van der Waals surface area (Å²) in [5.41, 5.74) is 3.76. The van der Waals surface area contributed by atoms with Gasteiger partial charge in [0.15, 0.2) is 0 Å². The molecule has 2 aromatic heterocycles. The lowest BCUT2D eigenvalue weighted by atomic mass is 10.0. The highest BCUT2D eigenvalue weighted by atomic mass is 32.1. The van der Waals surface area contributed by atoms with Crippen molar-refractivity contribution < 1.29 is 19.2 Å². The zero-order chi connectivity index (χ0) is 26.6. The molecule has 9 nitrogen and oxygen atoms in total. The number of carbonyl (C=O) groups is 4. The van der Waals surface area contributed by atoms with Crippen LogP contribution in [0.25, 0.3) is 15.8 Å². The topological polar surface area (TPSA) is 113 Å². The maximum Gasteiger partial charge on any atom is 0.262 e. The summed E-state index contributed by atoms with van der Waals surface area (Å²) < 4.78 is 0. The van der Waals surface area contributed by atoms with Crippen molar-refractivity contribution in [1.29, 1.82) is 0 Å². The van der Waals surface area contributed by atoms with Crippen LogP contribution in [-0.2, 0) is 16.1 Å². The van der Waals surface area contributed by atoms with E-state index in [1.54, 1.807) is 29.8 Å². The van der Waals surface area contributed by atoms with E-state index in [9.17, 15) is 19.2 Å². The SMILES string of the molecule is CC(C)c1cc2c(C3=CCN(Cc4ccc5c(c4)C(=O)N(C4CCC(=O)NC4=O)C5=O)CC3)ncnc2s1. The number of rotatable bonds is 5. The molecule has 1 fully saturated rings. The van der Waals surface area contributed by atoms with Crippen LogP contribution < -0.4 is 5.32 Å². The van der Waals surface area contributed by atoms with Crippen LogP contribution in [0.4, 0.5) is 0 Å². The van der Waals surface area contributed by atoms with Crippen LogP contribution in [0.15, 0.2) is 36.7 Å². The molecule has 0 saturated carbocycles. The van der Waals surface area contributed by atoms with E-state index < -0.39 is 23.8 Å². The number of thiophene rings is 1. The summed E-state index contributed by atoms with van der Waals surface area (Å²) in [5, 5.41) is 3.34. The van der Waals surface area contributed by atoms with E-state index in [1.807, 2.05) is 6.07 Å². The number of imide groups is 2. The molecule has 3 aliphatic rings. The highest BCUT2D eigenvalue weighted by Gasteiger charge is 2.44. The lowest BCUT2D eigenvalue weighted by Crippen LogP contribution is -2.54. The van der Waals surface area contributed by atoms with Gasteiger partial charge in [-0.05, 0) is 48.1 Å². The molecule has 0 bridgehead atoms. The van der Waals surface area contributed by atoms with E-state index >= 15 is 0 Å². The fourth-order valence-electron chi connectivity index (χ4n) is 5.36. The van der Waals surface area contributed by atoms with Crippen molar-refractivity contribution in [3.63, 3.8) is 0 Å². The number of nitrogens with one attached hydrogen (secondary N) is 1. The second kappa shape index (κ2) is 9.52. The summed E-state index contributed by atoms with van der Waals surface area (Å²) in [4.78, 5) is 64.6. The molecule has 3 aromatic rings. The zero-order valence-corrected chi connectivity index (χ0v) is 22.0. The average Bonchev–Trinajstić information content (AvgIpc) is 3.44. The number of amides is 4. The molecule has 0 radical (unpaired) electrons. The maximum atomic E-state index is 13.1. The van der Waals surface area contributed by atoms with E-state index in [0.29, 0.717) is 23.6 Å². The van der Waals surface area contributed by atoms with E-state index in [1.165, 1.54) is 10.5 Å². The highest BCUT2D eigenvalue weighted by molar-refractivity contribution is 7.18. The van der Waals surface area contributed by atoms with Gasteiger partial charge in [0, 0.05) is 36.3 Å². The van der Waals surface area contributed by atoms with Crippen LogP contribution in [0.1, 0.15) is 75.9 Å². The summed E-state index contributed by atoms with van der Waals surface area (Å²) >= 11 is 1.72. The zero-order valence-electron chi connectivity index (χ0n) is 21.2. The predicted molar refractivity (Wildman–Crippen MR) is 142 cm³/mol. The molecule has 4 amide bonds. The second-order valence-corrected chi connectivity index (χ2v) is 11.3. The van der Waals surface area contributed by atoms with Crippen molar-refractivity contribution in [3.05, 3.63) is 63.9 Å². The normalized spacial score (nSPS) is 20.3. The van der Waals surface area contributed by atoms with Gasteiger partial charge in [0.05, 0.1) is 16.8 Å². The predicted octanol–water partition coefficient (Wildman–Crippen LogP) is 3.51. The first kappa shape index (κ1) is 24.6. The summed E-state index contributed by atoms with van der Waals surface area (Å²) in [7, 11) is 0. The third-order valence-electron chi connectivity index (χ3n) is 7.43. The minimum absolute atomic E-state index is 0.103. The van der Waals surface area contributed by atoms with Gasteiger partial charge in [0.1, 0.15) is 17.2 Å². The molecule has 1 unspecified atom stereocenters. The lowest BCUT2D eigenvalue weighted by Gasteiger charge is -2.27. The Labute approximate surface area is 223 Å². The summed E-state index contributed by atoms with van der Waals surface area (Å²) in [5.74, 6) is -1.50. The molecule has 6 rings (SSSR count). The number of benzene rings is 1. The number of piperidine rings is 1. The number of nitrogens with zero attached hydrogens (tertiary/aromatic N) is 4. The third-order valence-corrected chi connectivity index (χ3v) is 8.77. The minimum Gasteiger partial charge on any atom is -0.295 e. The summed E-state index contributed by atoms with van der Waals surface area (Å²) in [6, 6.07) is 6.55. The maximum absolute atomic E-state index is 13.1. The largest absolute Gasteiger partial charge is 0.295 e. The lowest BCUT2D eigenvalue weighted by molar-refractivity contribution is -0.136. The van der Waals surface area contributed by atoms with Crippen LogP contribution in [0.5, 0.6) is 0 Å². The quantitative estimate of drug-likeness (QED) is 0.504. The number of hydrogen-bond donors (Lipinski definition) is 1. The molecular weight excluding hydrogens is 502 g/mol. The van der Waals surface area contributed by atoms with E-state index in [0.717, 1.165) is 45.9 Å². The monoisotopic (exact) mass is 529 g/mol. The first-order valence-electron chi connectivity index (χ1n) is 12.8. The van der Waals surface area contributed by atoms with Crippen LogP contribution >= 0.6 is 11.3 Å². The Morgan fingerprint density at radius 2 is 1.87 bits per heavy atom. The van der Waals surface area contributed by atoms with Gasteiger partial charge in [-0.15, -0.1) is 11.3 Å². The van der Waals surface area contributed by atoms with Crippen LogP contribution in [0, 0.1) is 0 Å². The second-order valence-electron chi connectivity index (χ2n) is 10.3.